The van der Waals surface area contributed by atoms with Crippen molar-refractivity contribution in [2.75, 3.05) is 0 Å². The Hall–Kier alpha value is -0.834. The standard InChI is InChI=1S/C17H12BrNO4.K/c18-11-6-7-12-13(9-11)16(21)19(15(12)20)14(17(22)23)8-10-4-2-1-3-5-10;/h1-7,9,14H,8H2,(H,22,23);/q;+1/p-1. The molecule has 0 bridgehead atoms. The van der Waals surface area contributed by atoms with Crippen LogP contribution in [0.5, 0.6) is 0 Å². The number of halogens is 1. The summed E-state index contributed by atoms with van der Waals surface area (Å²) in [5, 5.41) is 11.5. The molecule has 1 aliphatic heterocycles. The van der Waals surface area contributed by atoms with E-state index in [0.29, 0.717) is 10.0 Å². The van der Waals surface area contributed by atoms with Crippen molar-refractivity contribution < 1.29 is 70.9 Å². The maximum absolute atomic E-state index is 12.5. The Labute approximate surface area is 189 Å². The quantitative estimate of drug-likeness (QED) is 0.448. The number of rotatable bonds is 4. The first-order chi connectivity index (χ1) is 11.0. The number of benzene rings is 2. The van der Waals surface area contributed by atoms with Gasteiger partial charge in [-0.3, -0.25) is 14.5 Å². The molecule has 0 saturated heterocycles. The molecular formula is C17H11BrKNO4. The first-order valence-electron chi connectivity index (χ1n) is 6.91. The van der Waals surface area contributed by atoms with Gasteiger partial charge in [0.05, 0.1) is 23.1 Å². The number of nitrogens with zero attached hydrogens (tertiary/aromatic N) is 1. The molecule has 1 atom stereocenters. The van der Waals surface area contributed by atoms with Gasteiger partial charge in [-0.2, -0.15) is 0 Å². The van der Waals surface area contributed by atoms with E-state index in [1.54, 1.807) is 36.4 Å². The zero-order chi connectivity index (χ0) is 16.6. The summed E-state index contributed by atoms with van der Waals surface area (Å²) < 4.78 is 0.646. The number of hydrogen-bond acceptors (Lipinski definition) is 4. The number of carboxylic acid groups (broad SMARTS) is 1. The second kappa shape index (κ2) is 8.03. The van der Waals surface area contributed by atoms with E-state index in [1.807, 2.05) is 0 Å². The van der Waals surface area contributed by atoms with E-state index in [1.165, 1.54) is 12.1 Å². The van der Waals surface area contributed by atoms with Crippen molar-refractivity contribution in [1.82, 2.24) is 4.90 Å². The second-order valence-corrected chi connectivity index (χ2v) is 6.11. The average Bonchev–Trinajstić information content (AvgIpc) is 2.77. The fraction of sp³-hybridized carbons (Fsp3) is 0.118. The van der Waals surface area contributed by atoms with Crippen molar-refractivity contribution in [3.05, 3.63) is 69.7 Å². The first kappa shape index (κ1) is 19.5. The van der Waals surface area contributed by atoms with E-state index < -0.39 is 23.8 Å². The molecule has 1 aliphatic rings. The normalized spacial score (nSPS) is 14.1. The van der Waals surface area contributed by atoms with Gasteiger partial charge in [-0.15, -0.1) is 0 Å². The van der Waals surface area contributed by atoms with Crippen LogP contribution in [0.1, 0.15) is 26.3 Å². The van der Waals surface area contributed by atoms with Gasteiger partial charge in [0.15, 0.2) is 0 Å². The predicted molar refractivity (Wildman–Crippen MR) is 83.6 cm³/mol. The molecule has 0 saturated carbocycles. The van der Waals surface area contributed by atoms with Crippen molar-refractivity contribution in [3.8, 4) is 0 Å². The van der Waals surface area contributed by atoms with E-state index in [4.69, 9.17) is 0 Å². The molecule has 7 heteroatoms. The molecule has 24 heavy (non-hydrogen) atoms. The summed E-state index contributed by atoms with van der Waals surface area (Å²) in [6, 6.07) is 12.1. The van der Waals surface area contributed by atoms with Crippen LogP contribution in [0.25, 0.3) is 0 Å². The minimum atomic E-state index is -1.46. The smallest absolute Gasteiger partial charge is 0.548 e. The number of fused-ring (bicyclic) bond motifs is 1. The fourth-order valence-electron chi connectivity index (χ4n) is 2.63. The van der Waals surface area contributed by atoms with Crippen molar-refractivity contribution in [3.63, 3.8) is 0 Å². The van der Waals surface area contributed by atoms with Gasteiger partial charge in [0.25, 0.3) is 11.8 Å². The van der Waals surface area contributed by atoms with Crippen LogP contribution in [0.2, 0.25) is 0 Å². The molecular weight excluding hydrogens is 401 g/mol. The van der Waals surface area contributed by atoms with Gasteiger partial charge in [-0.25, -0.2) is 0 Å². The van der Waals surface area contributed by atoms with Gasteiger partial charge in [-0.05, 0) is 30.2 Å². The second-order valence-electron chi connectivity index (χ2n) is 5.19. The Morgan fingerprint density at radius 2 is 1.67 bits per heavy atom. The Morgan fingerprint density at radius 1 is 1.04 bits per heavy atom. The molecule has 0 N–H and O–H groups in total. The van der Waals surface area contributed by atoms with E-state index in [2.05, 4.69) is 15.9 Å². The summed E-state index contributed by atoms with van der Waals surface area (Å²) in [5.74, 6) is -2.68. The number of imide groups is 1. The topological polar surface area (TPSA) is 77.5 Å². The fourth-order valence-corrected chi connectivity index (χ4v) is 2.99. The van der Waals surface area contributed by atoms with E-state index in [9.17, 15) is 19.5 Å². The van der Waals surface area contributed by atoms with Gasteiger partial charge in [0.1, 0.15) is 0 Å². The maximum atomic E-state index is 12.5. The molecule has 5 nitrogen and oxygen atoms in total. The van der Waals surface area contributed by atoms with Crippen LogP contribution >= 0.6 is 15.9 Å². The van der Waals surface area contributed by atoms with Gasteiger partial charge in [0, 0.05) is 4.47 Å². The molecule has 0 fully saturated rings. The third kappa shape index (κ3) is 3.71. The SMILES string of the molecule is O=C([O-])C(Cc1ccccc1)N1C(=O)c2ccc(Br)cc2C1=O.[K+]. The minimum absolute atomic E-state index is 0. The molecule has 0 radical (unpaired) electrons. The van der Waals surface area contributed by atoms with Crippen LogP contribution in [0, 0.1) is 0 Å². The van der Waals surface area contributed by atoms with Gasteiger partial charge in [0.2, 0.25) is 0 Å². The first-order valence-corrected chi connectivity index (χ1v) is 7.70. The summed E-state index contributed by atoms with van der Waals surface area (Å²) >= 11 is 3.24. The van der Waals surface area contributed by atoms with E-state index >= 15 is 0 Å². The van der Waals surface area contributed by atoms with Crippen LogP contribution in [0.15, 0.2) is 53.0 Å². The number of carbonyl (C=O) groups is 3. The Bertz CT molecular complexity index is 809. The maximum Gasteiger partial charge on any atom is 1.00 e. The van der Waals surface area contributed by atoms with Crippen LogP contribution in [0.3, 0.4) is 0 Å². The Morgan fingerprint density at radius 3 is 2.29 bits per heavy atom. The molecule has 2 aromatic carbocycles. The molecule has 0 aromatic heterocycles. The molecule has 2 aromatic rings. The molecule has 3 rings (SSSR count). The summed E-state index contributed by atoms with van der Waals surface area (Å²) in [5.41, 5.74) is 1.11. The van der Waals surface area contributed by atoms with Crippen molar-refractivity contribution >= 4 is 33.7 Å². The number of aliphatic carboxylic acids is 1. The Balaban J connectivity index is 0.00000208. The molecule has 0 spiro atoms. The third-order valence-electron chi connectivity index (χ3n) is 3.74. The number of carboxylic acids is 1. The van der Waals surface area contributed by atoms with Crippen LogP contribution in [0.4, 0.5) is 0 Å². The molecule has 116 valence electrons. The summed E-state index contributed by atoms with van der Waals surface area (Å²) in [4.78, 5) is 37.3. The molecule has 1 heterocycles. The molecule has 1 unspecified atom stereocenters. The predicted octanol–water partition coefficient (Wildman–Crippen LogP) is -1.59. The van der Waals surface area contributed by atoms with Crippen molar-refractivity contribution in [2.45, 2.75) is 12.5 Å². The third-order valence-corrected chi connectivity index (χ3v) is 4.23. The largest absolute Gasteiger partial charge is 1.00 e. The summed E-state index contributed by atoms with van der Waals surface area (Å²) in [6.07, 6.45) is 0.00973. The van der Waals surface area contributed by atoms with E-state index in [-0.39, 0.29) is 68.9 Å². The Kier molecular flexibility index (Phi) is 6.52. The number of amides is 2. The number of hydrogen-bond donors (Lipinski definition) is 0. The van der Waals surface area contributed by atoms with Crippen molar-refractivity contribution in [1.29, 1.82) is 0 Å². The van der Waals surface area contributed by atoms with Gasteiger partial charge < -0.3 is 9.90 Å². The van der Waals surface area contributed by atoms with Crippen LogP contribution < -0.4 is 56.5 Å². The molecule has 2 amide bonds. The van der Waals surface area contributed by atoms with Crippen LogP contribution in [-0.2, 0) is 11.2 Å². The summed E-state index contributed by atoms with van der Waals surface area (Å²) in [7, 11) is 0. The van der Waals surface area contributed by atoms with Crippen molar-refractivity contribution in [2.24, 2.45) is 0 Å². The minimum Gasteiger partial charge on any atom is -0.548 e. The van der Waals surface area contributed by atoms with Crippen LogP contribution in [-0.4, -0.2) is 28.7 Å². The molecule has 0 aliphatic carbocycles. The monoisotopic (exact) mass is 411 g/mol. The summed E-state index contributed by atoms with van der Waals surface area (Å²) in [6.45, 7) is 0. The zero-order valence-corrected chi connectivity index (χ0v) is 17.6. The van der Waals surface area contributed by atoms with Gasteiger partial charge >= 0.3 is 51.4 Å². The number of carbonyl (C=O) groups excluding carboxylic acids is 3. The van der Waals surface area contributed by atoms with E-state index in [0.717, 1.165) is 4.90 Å². The van der Waals surface area contributed by atoms with Gasteiger partial charge in [-0.1, -0.05) is 46.3 Å². The zero-order valence-electron chi connectivity index (χ0n) is 12.9. The average molecular weight is 412 g/mol.